The van der Waals surface area contributed by atoms with Crippen molar-refractivity contribution in [2.24, 2.45) is 13.0 Å². The van der Waals surface area contributed by atoms with Crippen LogP contribution in [0.2, 0.25) is 0 Å². The number of carbonyl (C=O) groups excluding carboxylic acids is 1. The predicted octanol–water partition coefficient (Wildman–Crippen LogP) is 2.92. The number of rotatable bonds is 5. The van der Waals surface area contributed by atoms with Crippen molar-refractivity contribution in [3.05, 3.63) is 59.4 Å². The van der Waals surface area contributed by atoms with Gasteiger partial charge in [0.05, 0.1) is 11.3 Å². The predicted molar refractivity (Wildman–Crippen MR) is 110 cm³/mol. The Kier molecular flexibility index (Phi) is 5.13. The fourth-order valence-electron chi connectivity index (χ4n) is 4.10. The minimum atomic E-state index is -0.0633. The van der Waals surface area contributed by atoms with Crippen LogP contribution in [0.5, 0.6) is 0 Å². The number of aryl methyl sites for hydroxylation is 2. The molecular weight excluding hydrogens is 350 g/mol. The number of nitrogens with one attached hydrogen (secondary N) is 1. The summed E-state index contributed by atoms with van der Waals surface area (Å²) in [7, 11) is 1.87. The first-order valence-corrected chi connectivity index (χ1v) is 9.88. The van der Waals surface area contributed by atoms with Crippen LogP contribution in [0, 0.1) is 12.8 Å². The third kappa shape index (κ3) is 3.78. The van der Waals surface area contributed by atoms with E-state index >= 15 is 0 Å². The molecule has 28 heavy (non-hydrogen) atoms. The van der Waals surface area contributed by atoms with Crippen molar-refractivity contribution in [1.29, 1.82) is 0 Å². The first-order valence-electron chi connectivity index (χ1n) is 9.88. The molecule has 3 aromatic rings. The van der Waals surface area contributed by atoms with Crippen LogP contribution >= 0.6 is 0 Å². The smallest absolute Gasteiger partial charge is 0.253 e. The molecule has 3 heterocycles. The summed E-state index contributed by atoms with van der Waals surface area (Å²) >= 11 is 0. The van der Waals surface area contributed by atoms with Gasteiger partial charge in [-0.1, -0.05) is 30.3 Å². The summed E-state index contributed by atoms with van der Waals surface area (Å²) in [6, 6.07) is 12.6. The quantitative estimate of drug-likeness (QED) is 0.743. The van der Waals surface area contributed by atoms with Crippen molar-refractivity contribution in [2.45, 2.75) is 32.9 Å². The molecule has 6 heteroatoms. The van der Waals surface area contributed by atoms with Gasteiger partial charge in [-0.15, -0.1) is 0 Å². The van der Waals surface area contributed by atoms with E-state index in [4.69, 9.17) is 0 Å². The lowest BCUT2D eigenvalue weighted by atomic mass is 10.00. The summed E-state index contributed by atoms with van der Waals surface area (Å²) in [4.78, 5) is 19.6. The molecular formula is C22H27N5O. The molecule has 0 spiro atoms. The third-order valence-corrected chi connectivity index (χ3v) is 5.75. The largest absolute Gasteiger partial charge is 0.349 e. The van der Waals surface area contributed by atoms with Gasteiger partial charge in [0.1, 0.15) is 0 Å². The molecule has 1 aliphatic heterocycles. The number of benzene rings is 1. The Morgan fingerprint density at radius 2 is 2.11 bits per heavy atom. The number of amides is 1. The summed E-state index contributed by atoms with van der Waals surface area (Å²) in [6.45, 7) is 7.10. The van der Waals surface area contributed by atoms with E-state index in [0.29, 0.717) is 11.5 Å². The average molecular weight is 377 g/mol. The van der Waals surface area contributed by atoms with E-state index in [9.17, 15) is 4.79 Å². The summed E-state index contributed by atoms with van der Waals surface area (Å²) in [5, 5.41) is 8.48. The molecule has 1 aliphatic rings. The van der Waals surface area contributed by atoms with Gasteiger partial charge >= 0.3 is 0 Å². The van der Waals surface area contributed by atoms with Crippen LogP contribution in [0.15, 0.2) is 42.6 Å². The van der Waals surface area contributed by atoms with Crippen molar-refractivity contribution in [3.63, 3.8) is 0 Å². The van der Waals surface area contributed by atoms with Crippen LogP contribution in [0.25, 0.3) is 11.0 Å². The third-order valence-electron chi connectivity index (χ3n) is 5.75. The molecule has 1 fully saturated rings. The van der Waals surface area contributed by atoms with Crippen molar-refractivity contribution >= 4 is 16.9 Å². The first kappa shape index (κ1) is 18.6. The SMILES string of the molecule is Cc1nn(C)c2ncc(C(=O)N[C@H](C)[C@@H]3CCN(Cc4ccccc4)C3)cc12. The highest BCUT2D eigenvalue weighted by Gasteiger charge is 2.28. The standard InChI is InChI=1S/C22H27N5O/c1-15(18-9-10-27(14-18)13-17-7-5-4-6-8-17)24-22(28)19-11-20-16(2)25-26(3)21(20)23-12-19/h4-8,11-12,15,18H,9-10,13-14H2,1-3H3,(H,24,28)/t15-,18-/m1/s1. The lowest BCUT2D eigenvalue weighted by Gasteiger charge is -2.22. The minimum absolute atomic E-state index is 0.0633. The number of pyridine rings is 1. The fourth-order valence-corrected chi connectivity index (χ4v) is 4.10. The molecule has 1 aromatic carbocycles. The van der Waals surface area contributed by atoms with Gasteiger partial charge in [-0.2, -0.15) is 5.10 Å². The highest BCUT2D eigenvalue weighted by Crippen LogP contribution is 2.22. The second-order valence-corrected chi connectivity index (χ2v) is 7.84. The van der Waals surface area contributed by atoms with Crippen molar-refractivity contribution in [2.75, 3.05) is 13.1 Å². The van der Waals surface area contributed by atoms with E-state index in [-0.39, 0.29) is 11.9 Å². The number of nitrogens with zero attached hydrogens (tertiary/aromatic N) is 4. The maximum Gasteiger partial charge on any atom is 0.253 e. The Bertz CT molecular complexity index is 981. The summed E-state index contributed by atoms with van der Waals surface area (Å²) < 4.78 is 1.74. The molecule has 0 aliphatic carbocycles. The van der Waals surface area contributed by atoms with Gasteiger partial charge in [-0.3, -0.25) is 14.4 Å². The number of hydrogen-bond donors (Lipinski definition) is 1. The summed E-state index contributed by atoms with van der Waals surface area (Å²) in [5.41, 5.74) is 3.62. The molecule has 1 N–H and O–H groups in total. The van der Waals surface area contributed by atoms with Gasteiger partial charge in [0.2, 0.25) is 0 Å². The molecule has 146 valence electrons. The van der Waals surface area contributed by atoms with Crippen LogP contribution < -0.4 is 5.32 Å². The summed E-state index contributed by atoms with van der Waals surface area (Å²) in [6.07, 6.45) is 2.75. The number of fused-ring (bicyclic) bond motifs is 1. The van der Waals surface area contributed by atoms with Gasteiger partial charge in [-0.05, 0) is 44.4 Å². The molecule has 0 radical (unpaired) electrons. The minimum Gasteiger partial charge on any atom is -0.349 e. The second kappa shape index (κ2) is 7.72. The van der Waals surface area contributed by atoms with E-state index in [1.54, 1.807) is 10.9 Å². The van der Waals surface area contributed by atoms with E-state index in [1.807, 2.05) is 26.1 Å². The lowest BCUT2D eigenvalue weighted by Crippen LogP contribution is -2.39. The second-order valence-electron chi connectivity index (χ2n) is 7.84. The Hall–Kier alpha value is -2.73. The van der Waals surface area contributed by atoms with Crippen molar-refractivity contribution in [1.82, 2.24) is 25.0 Å². The average Bonchev–Trinajstić information content (AvgIpc) is 3.27. The van der Waals surface area contributed by atoms with Crippen LogP contribution in [0.3, 0.4) is 0 Å². The zero-order valence-electron chi connectivity index (χ0n) is 16.7. The molecule has 0 saturated carbocycles. The van der Waals surface area contributed by atoms with Gasteiger partial charge in [-0.25, -0.2) is 4.98 Å². The molecule has 0 unspecified atom stereocenters. The van der Waals surface area contributed by atoms with Crippen LogP contribution in [-0.4, -0.2) is 44.7 Å². The van der Waals surface area contributed by atoms with Gasteiger partial charge < -0.3 is 5.32 Å². The Morgan fingerprint density at radius 3 is 2.89 bits per heavy atom. The van der Waals surface area contributed by atoms with Crippen molar-refractivity contribution < 1.29 is 4.79 Å². The van der Waals surface area contributed by atoms with Crippen molar-refractivity contribution in [3.8, 4) is 0 Å². The van der Waals surface area contributed by atoms with Gasteiger partial charge in [0.25, 0.3) is 5.91 Å². The zero-order chi connectivity index (χ0) is 19.7. The molecule has 6 nitrogen and oxygen atoms in total. The number of likely N-dealkylation sites (tertiary alicyclic amines) is 1. The first-order chi connectivity index (χ1) is 13.5. The molecule has 0 bridgehead atoms. The van der Waals surface area contributed by atoms with E-state index < -0.39 is 0 Å². The highest BCUT2D eigenvalue weighted by molar-refractivity contribution is 5.97. The maximum atomic E-state index is 12.8. The van der Waals surface area contributed by atoms with Crippen LogP contribution in [0.1, 0.15) is 35.0 Å². The van der Waals surface area contributed by atoms with Gasteiger partial charge in [0, 0.05) is 37.8 Å². The highest BCUT2D eigenvalue weighted by atomic mass is 16.1. The lowest BCUT2D eigenvalue weighted by molar-refractivity contribution is 0.0927. The topological polar surface area (TPSA) is 63.1 Å². The molecule has 2 atom stereocenters. The normalized spacial score (nSPS) is 18.5. The Balaban J connectivity index is 1.37. The van der Waals surface area contributed by atoms with E-state index in [0.717, 1.165) is 42.8 Å². The monoisotopic (exact) mass is 377 g/mol. The van der Waals surface area contributed by atoms with Gasteiger partial charge in [0.15, 0.2) is 5.65 Å². The van der Waals surface area contributed by atoms with Crippen LogP contribution in [0.4, 0.5) is 0 Å². The molecule has 1 amide bonds. The Morgan fingerprint density at radius 1 is 1.32 bits per heavy atom. The zero-order valence-corrected chi connectivity index (χ0v) is 16.7. The van der Waals surface area contributed by atoms with E-state index in [1.165, 1.54) is 5.56 Å². The number of hydrogen-bond acceptors (Lipinski definition) is 4. The maximum absolute atomic E-state index is 12.8. The number of aromatic nitrogens is 3. The summed E-state index contributed by atoms with van der Waals surface area (Å²) in [5.74, 6) is 0.399. The molecule has 4 rings (SSSR count). The molecule has 1 saturated heterocycles. The molecule has 2 aromatic heterocycles. The van der Waals surface area contributed by atoms with Crippen LogP contribution in [-0.2, 0) is 13.6 Å². The number of carbonyl (C=O) groups is 1. The Labute approximate surface area is 165 Å². The van der Waals surface area contributed by atoms with E-state index in [2.05, 4.69) is 51.5 Å². The fraction of sp³-hybridized carbons (Fsp3) is 0.409.